The molecule has 3 N–H and O–H groups in total. The summed E-state index contributed by atoms with van der Waals surface area (Å²) in [5, 5.41) is 18.4. The van der Waals surface area contributed by atoms with Crippen LogP contribution in [0.4, 0.5) is 0 Å². The topological polar surface area (TPSA) is 124 Å². The third-order valence-corrected chi connectivity index (χ3v) is 3.17. The highest BCUT2D eigenvalue weighted by atomic mass is 17.3. The molecule has 1 aliphatic heterocycles. The molecular formula is C19H37NO8. The van der Waals surface area contributed by atoms with Gasteiger partial charge in [0.2, 0.25) is 5.79 Å². The SMILES string of the molecule is CC1(C)CC(OOC(C)(C)C)(OOC(C)(C)C)CC(C)(C)N1.O=C(O)C(=O)O. The molecule has 0 aliphatic carbocycles. The van der Waals surface area contributed by atoms with E-state index in [1.807, 2.05) is 41.5 Å². The Bertz CT molecular complexity index is 495. The van der Waals surface area contributed by atoms with Crippen LogP contribution in [0.2, 0.25) is 0 Å². The molecule has 0 radical (unpaired) electrons. The zero-order chi connectivity index (χ0) is 22.6. The Labute approximate surface area is 167 Å². The van der Waals surface area contributed by atoms with Crippen molar-refractivity contribution >= 4 is 11.9 Å². The lowest BCUT2D eigenvalue weighted by molar-refractivity contribution is -0.550. The van der Waals surface area contributed by atoms with Gasteiger partial charge >= 0.3 is 11.9 Å². The second kappa shape index (κ2) is 9.04. The van der Waals surface area contributed by atoms with E-state index in [9.17, 15) is 0 Å². The molecule has 0 unspecified atom stereocenters. The molecule has 0 aromatic rings. The summed E-state index contributed by atoms with van der Waals surface area (Å²) in [6.07, 6.45) is 1.24. The Morgan fingerprint density at radius 3 is 1.25 bits per heavy atom. The van der Waals surface area contributed by atoms with Crippen LogP contribution in [0, 0.1) is 0 Å². The van der Waals surface area contributed by atoms with Crippen LogP contribution in [0.3, 0.4) is 0 Å². The van der Waals surface area contributed by atoms with Crippen LogP contribution in [0.5, 0.6) is 0 Å². The molecule has 166 valence electrons. The predicted octanol–water partition coefficient (Wildman–Crippen LogP) is 3.27. The van der Waals surface area contributed by atoms with Crippen molar-refractivity contribution in [2.45, 2.75) is 110 Å². The zero-order valence-corrected chi connectivity index (χ0v) is 18.8. The molecule has 1 aliphatic rings. The molecule has 0 amide bonds. The quantitative estimate of drug-likeness (QED) is 0.279. The standard InChI is InChI=1S/C17H35NO4.C2H2O4/c1-13(2,3)19-21-17(22-20-14(4,5)6)11-15(7,8)18-16(9,10)12-17;3-1(4)2(5)6/h18H,11-12H2,1-10H3;(H,3,4)(H,5,6). The van der Waals surface area contributed by atoms with E-state index in [-0.39, 0.29) is 11.1 Å². The molecule has 0 aromatic heterocycles. The molecule has 1 fully saturated rings. The van der Waals surface area contributed by atoms with Crippen molar-refractivity contribution in [1.82, 2.24) is 5.32 Å². The monoisotopic (exact) mass is 407 g/mol. The van der Waals surface area contributed by atoms with E-state index in [0.29, 0.717) is 12.8 Å². The summed E-state index contributed by atoms with van der Waals surface area (Å²) in [6.45, 7) is 20.2. The number of hydrogen-bond acceptors (Lipinski definition) is 7. The first-order valence-corrected chi connectivity index (χ1v) is 9.17. The van der Waals surface area contributed by atoms with E-state index < -0.39 is 28.9 Å². The number of carboxylic acid groups (broad SMARTS) is 2. The molecule has 9 heteroatoms. The molecule has 1 rings (SSSR count). The summed E-state index contributed by atoms with van der Waals surface area (Å²) < 4.78 is 0. The van der Waals surface area contributed by atoms with Crippen molar-refractivity contribution in [3.05, 3.63) is 0 Å². The molecule has 0 atom stereocenters. The highest BCUT2D eigenvalue weighted by Crippen LogP contribution is 2.41. The van der Waals surface area contributed by atoms with Gasteiger partial charge in [0.1, 0.15) is 0 Å². The Morgan fingerprint density at radius 2 is 1.04 bits per heavy atom. The van der Waals surface area contributed by atoms with E-state index in [1.54, 1.807) is 0 Å². The summed E-state index contributed by atoms with van der Waals surface area (Å²) in [5.41, 5.74) is -1.16. The fraction of sp³-hybridized carbons (Fsp3) is 0.895. The first-order chi connectivity index (χ1) is 12.2. The molecule has 0 bridgehead atoms. The summed E-state index contributed by atoms with van der Waals surface area (Å²) in [4.78, 5) is 41.0. The first-order valence-electron chi connectivity index (χ1n) is 9.17. The number of hydrogen-bond donors (Lipinski definition) is 3. The number of aliphatic carboxylic acids is 2. The van der Waals surface area contributed by atoms with Crippen molar-refractivity contribution in [2.75, 3.05) is 0 Å². The molecule has 9 nitrogen and oxygen atoms in total. The fourth-order valence-corrected chi connectivity index (χ4v) is 2.95. The summed E-state index contributed by atoms with van der Waals surface area (Å²) >= 11 is 0. The smallest absolute Gasteiger partial charge is 0.414 e. The fourth-order valence-electron chi connectivity index (χ4n) is 2.95. The third-order valence-electron chi connectivity index (χ3n) is 3.17. The molecular weight excluding hydrogens is 370 g/mol. The minimum absolute atomic E-state index is 0.162. The number of carboxylic acids is 2. The normalized spacial score (nSPS) is 20.6. The van der Waals surface area contributed by atoms with E-state index in [0.717, 1.165) is 0 Å². The van der Waals surface area contributed by atoms with E-state index in [2.05, 4.69) is 33.0 Å². The molecule has 0 saturated carbocycles. The number of carbonyl (C=O) groups is 2. The van der Waals surface area contributed by atoms with Gasteiger partial charge in [0.25, 0.3) is 0 Å². The van der Waals surface area contributed by atoms with Gasteiger partial charge in [-0.3, -0.25) is 0 Å². The van der Waals surface area contributed by atoms with Crippen LogP contribution in [0.15, 0.2) is 0 Å². The molecule has 0 aromatic carbocycles. The van der Waals surface area contributed by atoms with Crippen LogP contribution < -0.4 is 5.32 Å². The third kappa shape index (κ3) is 11.6. The summed E-state index contributed by atoms with van der Waals surface area (Å²) in [5.74, 6) is -4.59. The summed E-state index contributed by atoms with van der Waals surface area (Å²) in [6, 6.07) is 0. The lowest BCUT2D eigenvalue weighted by Gasteiger charge is -2.51. The average Bonchev–Trinajstić information content (AvgIpc) is 2.39. The lowest BCUT2D eigenvalue weighted by atomic mass is 9.79. The van der Waals surface area contributed by atoms with Gasteiger partial charge in [-0.2, -0.15) is 9.78 Å². The van der Waals surface area contributed by atoms with Crippen LogP contribution in [0.1, 0.15) is 82.1 Å². The second-order valence-electron chi connectivity index (χ2n) is 10.3. The van der Waals surface area contributed by atoms with Gasteiger partial charge in [-0.25, -0.2) is 19.4 Å². The highest BCUT2D eigenvalue weighted by molar-refractivity contribution is 6.27. The van der Waals surface area contributed by atoms with Crippen molar-refractivity contribution in [3.63, 3.8) is 0 Å². The first kappa shape index (κ1) is 26.7. The number of nitrogens with one attached hydrogen (secondary N) is 1. The van der Waals surface area contributed by atoms with Gasteiger partial charge in [-0.15, -0.1) is 0 Å². The van der Waals surface area contributed by atoms with Crippen LogP contribution >= 0.6 is 0 Å². The van der Waals surface area contributed by atoms with Crippen LogP contribution in [-0.2, 0) is 29.1 Å². The Morgan fingerprint density at radius 1 is 0.750 bits per heavy atom. The second-order valence-corrected chi connectivity index (χ2v) is 10.3. The van der Waals surface area contributed by atoms with Crippen molar-refractivity contribution in [1.29, 1.82) is 0 Å². The molecule has 1 heterocycles. The van der Waals surface area contributed by atoms with Gasteiger partial charge in [0.15, 0.2) is 0 Å². The van der Waals surface area contributed by atoms with Crippen molar-refractivity contribution in [3.8, 4) is 0 Å². The minimum atomic E-state index is -1.82. The maximum absolute atomic E-state index is 9.10. The Hall–Kier alpha value is -1.26. The summed E-state index contributed by atoms with van der Waals surface area (Å²) in [7, 11) is 0. The lowest BCUT2D eigenvalue weighted by Crippen LogP contribution is -2.65. The van der Waals surface area contributed by atoms with Gasteiger partial charge in [0.05, 0.1) is 11.2 Å². The molecule has 1 saturated heterocycles. The Kier molecular flexibility index (Phi) is 8.64. The van der Waals surface area contributed by atoms with Crippen LogP contribution in [0.25, 0.3) is 0 Å². The van der Waals surface area contributed by atoms with Gasteiger partial charge < -0.3 is 15.5 Å². The van der Waals surface area contributed by atoms with E-state index >= 15 is 0 Å². The zero-order valence-electron chi connectivity index (χ0n) is 18.8. The van der Waals surface area contributed by atoms with Crippen molar-refractivity contribution < 1.29 is 39.4 Å². The van der Waals surface area contributed by atoms with Gasteiger partial charge in [0, 0.05) is 23.9 Å². The number of rotatable bonds is 4. The van der Waals surface area contributed by atoms with E-state index in [4.69, 9.17) is 39.4 Å². The van der Waals surface area contributed by atoms with E-state index in [1.165, 1.54) is 0 Å². The van der Waals surface area contributed by atoms with Crippen molar-refractivity contribution in [2.24, 2.45) is 0 Å². The average molecular weight is 408 g/mol. The maximum atomic E-state index is 9.10. The molecule has 28 heavy (non-hydrogen) atoms. The van der Waals surface area contributed by atoms with Gasteiger partial charge in [-0.1, -0.05) is 0 Å². The van der Waals surface area contributed by atoms with Crippen LogP contribution in [-0.4, -0.2) is 50.2 Å². The highest BCUT2D eigenvalue weighted by Gasteiger charge is 2.52. The minimum Gasteiger partial charge on any atom is -0.473 e. The Balaban J connectivity index is 0.00000105. The van der Waals surface area contributed by atoms with Gasteiger partial charge in [-0.05, 0) is 69.2 Å². The largest absolute Gasteiger partial charge is 0.473 e. The maximum Gasteiger partial charge on any atom is 0.414 e. The molecule has 0 spiro atoms. The predicted molar refractivity (Wildman–Crippen MR) is 102 cm³/mol. The number of piperidine rings is 1.